The van der Waals surface area contributed by atoms with Crippen molar-refractivity contribution in [2.75, 3.05) is 13.2 Å². The Bertz CT molecular complexity index is 1030. The molecule has 0 heterocycles. The summed E-state index contributed by atoms with van der Waals surface area (Å²) in [6.07, 6.45) is 1.98. The molecule has 0 saturated carbocycles. The smallest absolute Gasteiger partial charge is 0.103 e. The van der Waals surface area contributed by atoms with E-state index in [0.717, 1.165) is 39.0 Å². The summed E-state index contributed by atoms with van der Waals surface area (Å²) in [5.74, 6) is 0. The van der Waals surface area contributed by atoms with E-state index in [0.29, 0.717) is 6.61 Å². The fourth-order valence-corrected chi connectivity index (χ4v) is 4.19. The zero-order valence-electron chi connectivity index (χ0n) is 17.6. The van der Waals surface area contributed by atoms with Gasteiger partial charge in [-0.15, -0.1) is 0 Å². The highest BCUT2D eigenvalue weighted by atomic mass is 16.2. The lowest BCUT2D eigenvalue weighted by Gasteiger charge is -2.11. The molecule has 0 fully saturated rings. The van der Waals surface area contributed by atoms with Gasteiger partial charge in [-0.1, -0.05) is 72.8 Å². The van der Waals surface area contributed by atoms with Gasteiger partial charge in [-0.05, 0) is 40.5 Å². The maximum Gasteiger partial charge on any atom is 0.103 e. The third-order valence-electron chi connectivity index (χ3n) is 5.83. The number of hydrogen-bond donors (Lipinski definition) is 3. The number of benzene rings is 4. The molecular formula is C27H32N2O+2. The Kier molecular flexibility index (Phi) is 7.09. The van der Waals surface area contributed by atoms with Crippen molar-refractivity contribution < 1.29 is 15.7 Å². The second kappa shape index (κ2) is 10.4. The molecule has 4 aromatic rings. The maximum absolute atomic E-state index is 8.84. The van der Waals surface area contributed by atoms with Gasteiger partial charge in [0.25, 0.3) is 0 Å². The van der Waals surface area contributed by atoms with Gasteiger partial charge in [0, 0.05) is 23.3 Å². The van der Waals surface area contributed by atoms with E-state index in [2.05, 4.69) is 89.5 Å². The lowest BCUT2D eigenvalue weighted by molar-refractivity contribution is -0.686. The van der Waals surface area contributed by atoms with Gasteiger partial charge in [0.2, 0.25) is 0 Å². The van der Waals surface area contributed by atoms with Crippen LogP contribution in [0.25, 0.3) is 21.5 Å². The van der Waals surface area contributed by atoms with Crippen molar-refractivity contribution in [3.05, 3.63) is 95.6 Å². The Morgan fingerprint density at radius 3 is 1.77 bits per heavy atom. The largest absolute Gasteiger partial charge is 0.396 e. The van der Waals surface area contributed by atoms with Crippen LogP contribution in [0.5, 0.6) is 0 Å². The molecule has 4 aromatic carbocycles. The van der Waals surface area contributed by atoms with Crippen LogP contribution in [0.1, 0.15) is 29.5 Å². The van der Waals surface area contributed by atoms with Gasteiger partial charge >= 0.3 is 0 Å². The summed E-state index contributed by atoms with van der Waals surface area (Å²) >= 11 is 0. The molecule has 154 valence electrons. The Labute approximate surface area is 178 Å². The van der Waals surface area contributed by atoms with Crippen molar-refractivity contribution in [1.82, 2.24) is 0 Å². The Balaban J connectivity index is 1.39. The lowest BCUT2D eigenvalue weighted by atomic mass is 9.96. The number of aliphatic hydroxyl groups is 1. The number of quaternary nitrogens is 2. The monoisotopic (exact) mass is 400 g/mol. The van der Waals surface area contributed by atoms with Crippen molar-refractivity contribution in [2.24, 2.45) is 0 Å². The number of rotatable bonds is 10. The van der Waals surface area contributed by atoms with Crippen LogP contribution >= 0.6 is 0 Å². The molecular weight excluding hydrogens is 368 g/mol. The first-order valence-electron chi connectivity index (χ1n) is 11.1. The molecule has 5 N–H and O–H groups in total. The molecule has 0 radical (unpaired) electrons. The minimum absolute atomic E-state index is 0.299. The molecule has 0 aliphatic heterocycles. The zero-order valence-corrected chi connectivity index (χ0v) is 17.6. The van der Waals surface area contributed by atoms with Crippen LogP contribution in [-0.4, -0.2) is 18.3 Å². The molecule has 0 unspecified atom stereocenters. The Hall–Kier alpha value is -2.72. The summed E-state index contributed by atoms with van der Waals surface area (Å²) in [4.78, 5) is 0. The van der Waals surface area contributed by atoms with E-state index in [1.54, 1.807) is 0 Å². The van der Waals surface area contributed by atoms with E-state index >= 15 is 0 Å². The van der Waals surface area contributed by atoms with Crippen LogP contribution in [0.4, 0.5) is 0 Å². The van der Waals surface area contributed by atoms with Crippen molar-refractivity contribution >= 4 is 21.5 Å². The molecule has 0 bridgehead atoms. The van der Waals surface area contributed by atoms with Crippen molar-refractivity contribution in [3.8, 4) is 0 Å². The molecule has 0 atom stereocenters. The van der Waals surface area contributed by atoms with Crippen LogP contribution in [0.15, 0.2) is 78.9 Å². The number of nitrogens with two attached hydrogens (primary N) is 2. The highest BCUT2D eigenvalue weighted by Gasteiger charge is 2.09. The van der Waals surface area contributed by atoms with Gasteiger partial charge in [0.05, 0.1) is 6.54 Å². The lowest BCUT2D eigenvalue weighted by Crippen LogP contribution is -2.82. The summed E-state index contributed by atoms with van der Waals surface area (Å²) in [5.41, 5.74) is 4.16. The van der Waals surface area contributed by atoms with Crippen LogP contribution in [-0.2, 0) is 19.6 Å². The van der Waals surface area contributed by atoms with Gasteiger partial charge < -0.3 is 15.7 Å². The number of hydrogen-bond acceptors (Lipinski definition) is 1. The Morgan fingerprint density at radius 1 is 0.600 bits per heavy atom. The first-order chi connectivity index (χ1) is 14.8. The summed E-state index contributed by atoms with van der Waals surface area (Å²) in [7, 11) is 0. The van der Waals surface area contributed by atoms with E-state index in [-0.39, 0.29) is 0 Å². The summed E-state index contributed by atoms with van der Waals surface area (Å²) in [6.45, 7) is 4.35. The second-order valence-electron chi connectivity index (χ2n) is 8.02. The summed E-state index contributed by atoms with van der Waals surface area (Å²) in [6, 6.07) is 28.8. The second-order valence-corrected chi connectivity index (χ2v) is 8.02. The minimum atomic E-state index is 0.299. The molecule has 0 aliphatic rings. The summed E-state index contributed by atoms with van der Waals surface area (Å²) in [5, 5.41) is 18.9. The molecule has 0 saturated heterocycles. The molecule has 0 aliphatic carbocycles. The van der Waals surface area contributed by atoms with E-state index in [1.165, 1.54) is 38.2 Å². The van der Waals surface area contributed by atoms with E-state index in [1.807, 2.05) is 0 Å². The highest BCUT2D eigenvalue weighted by Crippen LogP contribution is 2.27. The predicted molar refractivity (Wildman–Crippen MR) is 124 cm³/mol. The van der Waals surface area contributed by atoms with Crippen molar-refractivity contribution in [1.29, 1.82) is 0 Å². The third-order valence-corrected chi connectivity index (χ3v) is 5.83. The topological polar surface area (TPSA) is 53.5 Å². The number of fused-ring (bicyclic) bond motifs is 2. The molecule has 3 heteroatoms. The van der Waals surface area contributed by atoms with E-state index in [4.69, 9.17) is 5.11 Å². The minimum Gasteiger partial charge on any atom is -0.396 e. The molecule has 0 spiro atoms. The average Bonchev–Trinajstić information content (AvgIpc) is 2.79. The SMILES string of the molecule is OCCCC[NH2+]Cc1ccc(C[NH2+]Cc2c3ccccc3cc3ccccc23)cc1. The van der Waals surface area contributed by atoms with Gasteiger partial charge in [0.1, 0.15) is 19.6 Å². The average molecular weight is 401 g/mol. The first-order valence-corrected chi connectivity index (χ1v) is 11.1. The molecule has 0 aromatic heterocycles. The normalized spacial score (nSPS) is 11.4. The van der Waals surface area contributed by atoms with Gasteiger partial charge in [-0.25, -0.2) is 0 Å². The van der Waals surface area contributed by atoms with Crippen molar-refractivity contribution in [3.63, 3.8) is 0 Å². The number of aliphatic hydroxyl groups excluding tert-OH is 1. The van der Waals surface area contributed by atoms with Crippen LogP contribution in [0, 0.1) is 0 Å². The highest BCUT2D eigenvalue weighted by molar-refractivity contribution is 6.02. The Morgan fingerprint density at radius 2 is 1.17 bits per heavy atom. The van der Waals surface area contributed by atoms with Crippen LogP contribution in [0.2, 0.25) is 0 Å². The molecule has 30 heavy (non-hydrogen) atoms. The first kappa shape index (κ1) is 20.5. The van der Waals surface area contributed by atoms with Gasteiger partial charge in [-0.3, -0.25) is 0 Å². The van der Waals surface area contributed by atoms with Gasteiger partial charge in [0.15, 0.2) is 0 Å². The van der Waals surface area contributed by atoms with E-state index in [9.17, 15) is 0 Å². The molecule has 3 nitrogen and oxygen atoms in total. The van der Waals surface area contributed by atoms with Crippen LogP contribution < -0.4 is 10.6 Å². The number of unbranched alkanes of at least 4 members (excludes halogenated alkanes) is 1. The zero-order chi connectivity index (χ0) is 20.6. The van der Waals surface area contributed by atoms with Crippen molar-refractivity contribution in [2.45, 2.75) is 32.5 Å². The standard InChI is InChI=1S/C27H30N2O/c30-16-6-5-15-28-18-21-11-13-22(14-12-21)19-29-20-27-25-9-3-1-7-23(25)17-24-8-2-4-10-26(24)27/h1-4,7-14,17,28-30H,5-6,15-16,18-20H2/p+2. The third kappa shape index (κ3) is 5.06. The fraction of sp³-hybridized carbons (Fsp3) is 0.259. The maximum atomic E-state index is 8.84. The van der Waals surface area contributed by atoms with Gasteiger partial charge in [-0.2, -0.15) is 0 Å². The summed E-state index contributed by atoms with van der Waals surface area (Å²) < 4.78 is 0. The predicted octanol–water partition coefficient (Wildman–Crippen LogP) is 3.09. The molecule has 0 amide bonds. The van der Waals surface area contributed by atoms with Crippen LogP contribution in [0.3, 0.4) is 0 Å². The molecule has 4 rings (SSSR count). The van der Waals surface area contributed by atoms with E-state index < -0.39 is 0 Å². The fourth-order valence-electron chi connectivity index (χ4n) is 4.19. The quantitative estimate of drug-likeness (QED) is 0.278.